The van der Waals surface area contributed by atoms with Crippen LogP contribution in [0.5, 0.6) is 5.88 Å². The largest absolute Gasteiger partial charge is 0.477 e. The van der Waals surface area contributed by atoms with E-state index in [1.54, 1.807) is 6.20 Å². The fourth-order valence-electron chi connectivity index (χ4n) is 5.17. The van der Waals surface area contributed by atoms with Gasteiger partial charge in [-0.1, -0.05) is 25.9 Å². The molecule has 2 atom stereocenters. The third-order valence-electron chi connectivity index (χ3n) is 7.20. The maximum absolute atomic E-state index is 12.1. The van der Waals surface area contributed by atoms with E-state index in [4.69, 9.17) is 14.0 Å². The van der Waals surface area contributed by atoms with Crippen LogP contribution < -0.4 is 9.64 Å². The van der Waals surface area contributed by atoms with E-state index in [0.29, 0.717) is 18.5 Å². The number of rotatable bonds is 10. The molecule has 2 aliphatic rings. The number of ether oxygens (including phenoxy) is 2. The molecule has 2 fully saturated rings. The molecule has 1 saturated heterocycles. The average molecular weight is 499 g/mol. The molecule has 2 unspecified atom stereocenters. The second-order valence-electron chi connectivity index (χ2n) is 11.6. The van der Waals surface area contributed by atoms with Gasteiger partial charge < -0.3 is 18.9 Å². The summed E-state index contributed by atoms with van der Waals surface area (Å²) in [6, 6.07) is 2.70. The number of hydrogen-bond donors (Lipinski definition) is 0. The topological polar surface area (TPSA) is 90.6 Å². The maximum Gasteiger partial charge on any atom is 0.324 e. The van der Waals surface area contributed by atoms with Crippen LogP contribution in [0, 0.1) is 17.8 Å². The minimum absolute atomic E-state index is 0.228. The fourth-order valence-corrected chi connectivity index (χ4v) is 5.17. The Morgan fingerprint density at radius 3 is 2.64 bits per heavy atom. The van der Waals surface area contributed by atoms with Crippen LogP contribution in [0.25, 0.3) is 0 Å². The number of aryl methyl sites for hydroxylation is 1. The van der Waals surface area contributed by atoms with Crippen molar-refractivity contribution >= 4 is 12.0 Å². The number of aromatic nitrogens is 3. The van der Waals surface area contributed by atoms with Crippen LogP contribution in [0.2, 0.25) is 0 Å². The Bertz CT molecular complexity index is 1020. The van der Waals surface area contributed by atoms with E-state index < -0.39 is 5.60 Å². The number of pyridine rings is 1. The van der Waals surface area contributed by atoms with Gasteiger partial charge in [0.1, 0.15) is 5.60 Å². The predicted molar refractivity (Wildman–Crippen MR) is 138 cm³/mol. The van der Waals surface area contributed by atoms with Crippen molar-refractivity contribution in [1.82, 2.24) is 15.1 Å². The molecule has 0 amide bonds. The van der Waals surface area contributed by atoms with Gasteiger partial charge in [-0.3, -0.25) is 4.79 Å². The van der Waals surface area contributed by atoms with Crippen molar-refractivity contribution in [1.29, 1.82) is 0 Å². The van der Waals surface area contributed by atoms with E-state index in [9.17, 15) is 4.79 Å². The lowest BCUT2D eigenvalue weighted by Gasteiger charge is -2.30. The molecular weight excluding hydrogens is 456 g/mol. The SMILES string of the molecule is CCc1cc(CC(=O)OC(C)(C)C)cnc1OCCC1CC1C1CCN(c2nc(C(C)C)no2)CC1. The number of carbonyl (C=O) groups excluding carboxylic acids is 1. The number of carbonyl (C=O) groups is 1. The highest BCUT2D eigenvalue weighted by molar-refractivity contribution is 5.73. The first-order chi connectivity index (χ1) is 17.1. The molecular formula is C28H42N4O4. The third-order valence-corrected chi connectivity index (χ3v) is 7.20. The fraction of sp³-hybridized carbons (Fsp3) is 0.714. The zero-order chi connectivity index (χ0) is 25.9. The van der Waals surface area contributed by atoms with Crippen molar-refractivity contribution in [2.24, 2.45) is 17.8 Å². The van der Waals surface area contributed by atoms with Gasteiger partial charge in [-0.25, -0.2) is 4.98 Å². The van der Waals surface area contributed by atoms with E-state index in [1.165, 1.54) is 19.3 Å². The van der Waals surface area contributed by atoms with Gasteiger partial charge in [0.15, 0.2) is 5.82 Å². The summed E-state index contributed by atoms with van der Waals surface area (Å²) in [7, 11) is 0. The Morgan fingerprint density at radius 2 is 2.00 bits per heavy atom. The zero-order valence-electron chi connectivity index (χ0n) is 22.7. The predicted octanol–water partition coefficient (Wildman–Crippen LogP) is 5.36. The van der Waals surface area contributed by atoms with Crippen LogP contribution in [-0.4, -0.2) is 46.4 Å². The summed E-state index contributed by atoms with van der Waals surface area (Å²) >= 11 is 0. The van der Waals surface area contributed by atoms with Gasteiger partial charge in [0, 0.05) is 30.8 Å². The minimum Gasteiger partial charge on any atom is -0.477 e. The molecule has 36 heavy (non-hydrogen) atoms. The summed E-state index contributed by atoms with van der Waals surface area (Å²) in [4.78, 5) is 23.5. The van der Waals surface area contributed by atoms with Crippen molar-refractivity contribution in [2.75, 3.05) is 24.6 Å². The van der Waals surface area contributed by atoms with Gasteiger partial charge in [0.2, 0.25) is 5.88 Å². The van der Waals surface area contributed by atoms with Gasteiger partial charge in [-0.05, 0) is 82.3 Å². The zero-order valence-corrected chi connectivity index (χ0v) is 22.7. The Morgan fingerprint density at radius 1 is 1.25 bits per heavy atom. The monoisotopic (exact) mass is 498 g/mol. The number of nitrogens with zero attached hydrogens (tertiary/aromatic N) is 4. The lowest BCUT2D eigenvalue weighted by atomic mass is 9.90. The molecule has 0 spiro atoms. The Balaban J connectivity index is 1.19. The summed E-state index contributed by atoms with van der Waals surface area (Å²) in [5, 5.41) is 4.10. The van der Waals surface area contributed by atoms with Crippen LogP contribution in [0.3, 0.4) is 0 Å². The number of anilines is 1. The van der Waals surface area contributed by atoms with Crippen molar-refractivity contribution in [3.05, 3.63) is 29.2 Å². The van der Waals surface area contributed by atoms with Gasteiger partial charge in [0.25, 0.3) is 0 Å². The van der Waals surface area contributed by atoms with Crippen molar-refractivity contribution in [2.45, 2.75) is 91.6 Å². The molecule has 1 aliphatic carbocycles. The molecule has 2 aromatic rings. The normalized spacial score (nSPS) is 20.6. The molecule has 1 aliphatic heterocycles. The first kappa shape index (κ1) is 26.4. The summed E-state index contributed by atoms with van der Waals surface area (Å²) < 4.78 is 17.0. The smallest absolute Gasteiger partial charge is 0.324 e. The van der Waals surface area contributed by atoms with Crippen LogP contribution in [-0.2, 0) is 22.4 Å². The quantitative estimate of drug-likeness (QED) is 0.405. The van der Waals surface area contributed by atoms with E-state index >= 15 is 0 Å². The van der Waals surface area contributed by atoms with Crippen molar-refractivity contribution < 1.29 is 18.8 Å². The molecule has 0 aromatic carbocycles. The van der Waals surface area contributed by atoms with Crippen LogP contribution in [0.1, 0.15) is 90.1 Å². The standard InChI is InChI=1S/C28H42N4O4/c1-7-20-14-19(15-24(33)35-28(4,5)6)17-29-26(20)34-13-10-22-16-23(22)21-8-11-32(12-9-21)27-30-25(18(2)3)31-36-27/h14,17-18,21-23H,7-13,15-16H2,1-6H3. The summed E-state index contributed by atoms with van der Waals surface area (Å²) in [5.74, 6) is 3.85. The highest BCUT2D eigenvalue weighted by atomic mass is 16.6. The number of piperidine rings is 1. The van der Waals surface area contributed by atoms with E-state index in [2.05, 4.69) is 40.8 Å². The van der Waals surface area contributed by atoms with Crippen molar-refractivity contribution in [3.8, 4) is 5.88 Å². The molecule has 1 saturated carbocycles. The van der Waals surface area contributed by atoms with E-state index in [0.717, 1.165) is 60.6 Å². The van der Waals surface area contributed by atoms with Gasteiger partial charge in [0.05, 0.1) is 13.0 Å². The Hall–Kier alpha value is -2.64. The number of hydrogen-bond acceptors (Lipinski definition) is 8. The van der Waals surface area contributed by atoms with Crippen molar-refractivity contribution in [3.63, 3.8) is 0 Å². The molecule has 0 N–H and O–H groups in total. The minimum atomic E-state index is -0.482. The Labute approximate surface area is 215 Å². The van der Waals surface area contributed by atoms with Crippen LogP contribution in [0.15, 0.2) is 16.8 Å². The first-order valence-electron chi connectivity index (χ1n) is 13.5. The highest BCUT2D eigenvalue weighted by Gasteiger charge is 2.43. The molecule has 4 rings (SSSR count). The molecule has 0 bridgehead atoms. The molecule has 0 radical (unpaired) electrons. The molecule has 2 aromatic heterocycles. The van der Waals surface area contributed by atoms with E-state index in [-0.39, 0.29) is 18.3 Å². The van der Waals surface area contributed by atoms with Crippen LogP contribution in [0.4, 0.5) is 6.01 Å². The number of esters is 1. The molecule has 3 heterocycles. The summed E-state index contributed by atoms with van der Waals surface area (Å²) in [6.45, 7) is 14.5. The molecule has 8 nitrogen and oxygen atoms in total. The highest BCUT2D eigenvalue weighted by Crippen LogP contribution is 2.50. The molecule has 198 valence electrons. The average Bonchev–Trinajstić information content (AvgIpc) is 3.41. The van der Waals surface area contributed by atoms with Gasteiger partial charge in [-0.2, -0.15) is 4.98 Å². The first-order valence-corrected chi connectivity index (χ1v) is 13.5. The summed E-state index contributed by atoms with van der Waals surface area (Å²) in [5.41, 5.74) is 1.42. The van der Waals surface area contributed by atoms with Crippen LogP contribution >= 0.6 is 0 Å². The second kappa shape index (κ2) is 11.2. The van der Waals surface area contributed by atoms with Gasteiger partial charge >= 0.3 is 12.0 Å². The summed E-state index contributed by atoms with van der Waals surface area (Å²) in [6.07, 6.45) is 7.51. The van der Waals surface area contributed by atoms with Gasteiger partial charge in [-0.15, -0.1) is 0 Å². The third kappa shape index (κ3) is 6.98. The lowest BCUT2D eigenvalue weighted by molar-refractivity contribution is -0.153. The van der Waals surface area contributed by atoms with E-state index in [1.807, 2.05) is 26.8 Å². The maximum atomic E-state index is 12.1. The second-order valence-corrected chi connectivity index (χ2v) is 11.6. The lowest BCUT2D eigenvalue weighted by Crippen LogP contribution is -2.34. The molecule has 8 heteroatoms. The Kier molecular flexibility index (Phi) is 8.20.